The highest BCUT2D eigenvalue weighted by atomic mass is 79.9. The van der Waals surface area contributed by atoms with Gasteiger partial charge in [0.15, 0.2) is 0 Å². The van der Waals surface area contributed by atoms with Gasteiger partial charge in [0.05, 0.1) is 4.90 Å². The Morgan fingerprint density at radius 3 is 2.07 bits per heavy atom. The van der Waals surface area contributed by atoms with Crippen molar-refractivity contribution in [2.75, 3.05) is 18.4 Å². The lowest BCUT2D eigenvalue weighted by Crippen LogP contribution is -2.34. The Bertz CT molecular complexity index is 966. The first-order chi connectivity index (χ1) is 13.5. The molecule has 2 amide bonds. The molecule has 7 nitrogen and oxygen atoms in total. The Labute approximate surface area is 179 Å². The number of benzene rings is 2. The normalized spacial score (nSPS) is 11.7. The fourth-order valence-electron chi connectivity index (χ4n) is 2.18. The third-order valence-electron chi connectivity index (χ3n) is 3.91. The van der Waals surface area contributed by atoms with Gasteiger partial charge in [-0.1, -0.05) is 36.7 Å². The van der Waals surface area contributed by atoms with Crippen molar-refractivity contribution in [2.45, 2.75) is 25.7 Å². The first-order valence-corrected chi connectivity index (χ1v) is 11.2. The Kier molecular flexibility index (Phi) is 7.56. The highest BCUT2D eigenvalue weighted by Gasteiger charge is 2.21. The van der Waals surface area contributed by atoms with E-state index in [1.165, 1.54) is 12.1 Å². The van der Waals surface area contributed by atoms with Crippen molar-refractivity contribution in [3.05, 3.63) is 58.6 Å². The number of amides is 2. The zero-order valence-corrected chi connectivity index (χ0v) is 18.9. The third-order valence-corrected chi connectivity index (χ3v) is 5.92. The summed E-state index contributed by atoms with van der Waals surface area (Å²) in [6, 6.07) is 12.8. The fraction of sp³-hybridized carbons (Fsp3) is 0.300. The van der Waals surface area contributed by atoms with E-state index in [4.69, 9.17) is 0 Å². The second-order valence-corrected chi connectivity index (χ2v) is 10.1. The predicted molar refractivity (Wildman–Crippen MR) is 116 cm³/mol. The zero-order valence-electron chi connectivity index (χ0n) is 16.5. The number of hydrogen-bond acceptors (Lipinski definition) is 4. The van der Waals surface area contributed by atoms with E-state index in [9.17, 15) is 18.0 Å². The van der Waals surface area contributed by atoms with Crippen LogP contribution >= 0.6 is 15.9 Å². The minimum atomic E-state index is -3.63. The van der Waals surface area contributed by atoms with E-state index >= 15 is 0 Å². The smallest absolute Gasteiger partial charge is 0.251 e. The Balaban J connectivity index is 1.83. The van der Waals surface area contributed by atoms with E-state index < -0.39 is 15.4 Å². The molecule has 156 valence electrons. The molecule has 0 atom stereocenters. The predicted octanol–water partition coefficient (Wildman–Crippen LogP) is 3.14. The number of sulfonamides is 1. The molecule has 0 heterocycles. The van der Waals surface area contributed by atoms with E-state index in [0.29, 0.717) is 11.3 Å². The van der Waals surface area contributed by atoms with Gasteiger partial charge in [0.25, 0.3) is 5.91 Å². The van der Waals surface area contributed by atoms with Crippen LogP contribution in [0.1, 0.15) is 31.1 Å². The van der Waals surface area contributed by atoms with Crippen molar-refractivity contribution >= 4 is 43.5 Å². The van der Waals surface area contributed by atoms with Crippen molar-refractivity contribution in [3.63, 3.8) is 0 Å². The quantitative estimate of drug-likeness (QED) is 0.528. The van der Waals surface area contributed by atoms with Crippen LogP contribution in [-0.4, -0.2) is 33.3 Å². The highest BCUT2D eigenvalue weighted by molar-refractivity contribution is 9.10. The molecule has 3 N–H and O–H groups in total. The Hall–Kier alpha value is -2.23. The van der Waals surface area contributed by atoms with E-state index in [0.717, 1.165) is 4.47 Å². The van der Waals surface area contributed by atoms with Gasteiger partial charge in [0.2, 0.25) is 15.9 Å². The summed E-state index contributed by atoms with van der Waals surface area (Å²) < 4.78 is 27.6. The number of halogens is 1. The van der Waals surface area contributed by atoms with Crippen LogP contribution in [0, 0.1) is 5.41 Å². The van der Waals surface area contributed by atoms with Crippen molar-refractivity contribution < 1.29 is 18.0 Å². The van der Waals surface area contributed by atoms with Gasteiger partial charge in [-0.25, -0.2) is 13.1 Å². The lowest BCUT2D eigenvalue weighted by molar-refractivity contribution is -0.123. The molecule has 0 unspecified atom stereocenters. The number of anilines is 1. The van der Waals surface area contributed by atoms with Gasteiger partial charge in [-0.05, 0) is 48.5 Å². The van der Waals surface area contributed by atoms with E-state index in [-0.39, 0.29) is 29.8 Å². The number of carbonyl (C=O) groups excluding carboxylic acids is 2. The Morgan fingerprint density at radius 1 is 0.931 bits per heavy atom. The van der Waals surface area contributed by atoms with Crippen LogP contribution in [0.5, 0.6) is 0 Å². The molecule has 0 spiro atoms. The monoisotopic (exact) mass is 481 g/mol. The van der Waals surface area contributed by atoms with Crippen molar-refractivity contribution in [3.8, 4) is 0 Å². The number of rotatable bonds is 7. The minimum absolute atomic E-state index is 0.0594. The summed E-state index contributed by atoms with van der Waals surface area (Å²) in [4.78, 5) is 24.3. The topological polar surface area (TPSA) is 104 Å². The molecular weight excluding hydrogens is 458 g/mol. The Morgan fingerprint density at radius 2 is 1.52 bits per heavy atom. The zero-order chi connectivity index (χ0) is 21.7. The average molecular weight is 482 g/mol. The minimum Gasteiger partial charge on any atom is -0.351 e. The average Bonchev–Trinajstić information content (AvgIpc) is 2.65. The second-order valence-electron chi connectivity index (χ2n) is 7.39. The SMILES string of the molecule is CC(C)(C)C(=O)Nc1ccc(C(=O)NCCNS(=O)(=O)c2ccc(Br)cc2)cc1. The molecule has 2 aromatic rings. The molecule has 0 aliphatic carbocycles. The van der Waals surface area contributed by atoms with Crippen LogP contribution in [0.25, 0.3) is 0 Å². The van der Waals surface area contributed by atoms with E-state index in [2.05, 4.69) is 31.3 Å². The molecule has 2 aromatic carbocycles. The van der Waals surface area contributed by atoms with Gasteiger partial charge in [0, 0.05) is 34.2 Å². The fourth-order valence-corrected chi connectivity index (χ4v) is 3.48. The molecule has 0 aliphatic heterocycles. The molecule has 0 saturated heterocycles. The molecule has 0 aliphatic rings. The van der Waals surface area contributed by atoms with Crippen LogP contribution < -0.4 is 15.4 Å². The molecular formula is C20H24BrN3O4S. The summed E-state index contributed by atoms with van der Waals surface area (Å²) in [5, 5.41) is 5.44. The van der Waals surface area contributed by atoms with Crippen LogP contribution in [0.2, 0.25) is 0 Å². The summed E-state index contributed by atoms with van der Waals surface area (Å²) in [6.45, 7) is 5.64. The summed E-state index contributed by atoms with van der Waals surface area (Å²) in [7, 11) is -3.63. The third kappa shape index (κ3) is 6.95. The second kappa shape index (κ2) is 9.51. The van der Waals surface area contributed by atoms with Crippen molar-refractivity contribution in [1.82, 2.24) is 10.0 Å². The molecule has 2 rings (SSSR count). The number of hydrogen-bond donors (Lipinski definition) is 3. The van der Waals surface area contributed by atoms with Gasteiger partial charge in [0.1, 0.15) is 0 Å². The summed E-state index contributed by atoms with van der Waals surface area (Å²) in [6.07, 6.45) is 0. The van der Waals surface area contributed by atoms with Crippen LogP contribution in [0.15, 0.2) is 57.9 Å². The number of carbonyl (C=O) groups is 2. The molecule has 0 fully saturated rings. The summed E-state index contributed by atoms with van der Waals surface area (Å²) in [5.41, 5.74) is 0.498. The molecule has 29 heavy (non-hydrogen) atoms. The lowest BCUT2D eigenvalue weighted by Gasteiger charge is -2.17. The molecule has 0 bridgehead atoms. The van der Waals surface area contributed by atoms with Gasteiger partial charge in [-0.2, -0.15) is 0 Å². The molecule has 0 saturated carbocycles. The van der Waals surface area contributed by atoms with Crippen LogP contribution in [-0.2, 0) is 14.8 Å². The molecule has 0 radical (unpaired) electrons. The van der Waals surface area contributed by atoms with Gasteiger partial charge in [-0.15, -0.1) is 0 Å². The maximum Gasteiger partial charge on any atom is 0.251 e. The molecule has 9 heteroatoms. The van der Waals surface area contributed by atoms with Gasteiger partial charge < -0.3 is 10.6 Å². The molecule has 0 aromatic heterocycles. The van der Waals surface area contributed by atoms with E-state index in [1.54, 1.807) is 36.4 Å². The van der Waals surface area contributed by atoms with Crippen LogP contribution in [0.3, 0.4) is 0 Å². The first-order valence-electron chi connectivity index (χ1n) is 8.94. The lowest BCUT2D eigenvalue weighted by atomic mass is 9.95. The van der Waals surface area contributed by atoms with E-state index in [1.807, 2.05) is 20.8 Å². The standard InChI is InChI=1S/C20H24BrN3O4S/c1-20(2,3)19(26)24-16-8-4-14(5-9-16)18(25)22-12-13-23-29(27,28)17-10-6-15(21)7-11-17/h4-11,23H,12-13H2,1-3H3,(H,22,25)(H,24,26). The summed E-state index contributed by atoms with van der Waals surface area (Å²) in [5.74, 6) is -0.450. The van der Waals surface area contributed by atoms with Gasteiger partial charge >= 0.3 is 0 Å². The number of nitrogens with one attached hydrogen (secondary N) is 3. The van der Waals surface area contributed by atoms with Crippen molar-refractivity contribution in [2.24, 2.45) is 5.41 Å². The maximum absolute atomic E-state index is 12.2. The first kappa shape index (κ1) is 23.1. The van der Waals surface area contributed by atoms with Crippen LogP contribution in [0.4, 0.5) is 5.69 Å². The van der Waals surface area contributed by atoms with Crippen molar-refractivity contribution in [1.29, 1.82) is 0 Å². The van der Waals surface area contributed by atoms with Gasteiger partial charge in [-0.3, -0.25) is 9.59 Å². The maximum atomic E-state index is 12.2. The largest absolute Gasteiger partial charge is 0.351 e. The highest BCUT2D eigenvalue weighted by Crippen LogP contribution is 2.18. The summed E-state index contributed by atoms with van der Waals surface area (Å²) >= 11 is 3.26.